The van der Waals surface area contributed by atoms with Crippen molar-refractivity contribution in [2.24, 2.45) is 5.92 Å². The van der Waals surface area contributed by atoms with Crippen LogP contribution in [0.3, 0.4) is 0 Å². The molecule has 14 heavy (non-hydrogen) atoms. The summed E-state index contributed by atoms with van der Waals surface area (Å²) in [7, 11) is 0. The highest BCUT2D eigenvalue weighted by atomic mass is 19.3. The second kappa shape index (κ2) is 3.74. The molecule has 2 rings (SSSR count). The van der Waals surface area contributed by atoms with Gasteiger partial charge in [-0.25, -0.2) is 8.78 Å². The lowest BCUT2D eigenvalue weighted by Crippen LogP contribution is -2.32. The van der Waals surface area contributed by atoms with Crippen LogP contribution in [-0.2, 0) is 0 Å². The van der Waals surface area contributed by atoms with Crippen LogP contribution in [0.1, 0.15) is 25.7 Å². The lowest BCUT2D eigenvalue weighted by atomic mass is 10.1. The van der Waals surface area contributed by atoms with Gasteiger partial charge in [0.2, 0.25) is 5.92 Å². The molecule has 1 aliphatic carbocycles. The molecule has 0 amide bonds. The van der Waals surface area contributed by atoms with Crippen molar-refractivity contribution >= 4 is 0 Å². The second-order valence-electron chi connectivity index (χ2n) is 4.58. The van der Waals surface area contributed by atoms with Gasteiger partial charge in [-0.1, -0.05) is 0 Å². The van der Waals surface area contributed by atoms with Crippen LogP contribution in [0.15, 0.2) is 0 Å². The molecule has 1 aliphatic heterocycles. The first-order valence-corrected chi connectivity index (χ1v) is 5.33. The molecule has 2 fully saturated rings. The third-order valence-corrected chi connectivity index (χ3v) is 3.47. The molecule has 4 heteroatoms. The molecule has 1 saturated heterocycles. The van der Waals surface area contributed by atoms with Gasteiger partial charge < -0.3 is 5.11 Å². The number of aliphatic hydroxyl groups is 1. The number of hydrogen-bond donors (Lipinski definition) is 1. The maximum absolute atomic E-state index is 13.0. The molecule has 1 saturated carbocycles. The predicted octanol–water partition coefficient (Wildman–Crippen LogP) is 1.49. The third-order valence-electron chi connectivity index (χ3n) is 3.47. The van der Waals surface area contributed by atoms with E-state index in [-0.39, 0.29) is 25.5 Å². The predicted molar refractivity (Wildman–Crippen MR) is 49.4 cm³/mol. The monoisotopic (exact) mass is 205 g/mol. The average molecular weight is 205 g/mol. The highest BCUT2D eigenvalue weighted by Crippen LogP contribution is 2.38. The molecule has 1 heterocycles. The number of rotatable bonds is 2. The molecular weight excluding hydrogens is 188 g/mol. The highest BCUT2D eigenvalue weighted by molar-refractivity contribution is 4.90. The van der Waals surface area contributed by atoms with Gasteiger partial charge >= 0.3 is 0 Å². The number of alkyl halides is 2. The Hall–Kier alpha value is -0.220. The smallest absolute Gasteiger partial charge is 0.249 e. The topological polar surface area (TPSA) is 23.5 Å². The fourth-order valence-electron chi connectivity index (χ4n) is 2.58. The van der Waals surface area contributed by atoms with Gasteiger partial charge in [0, 0.05) is 32.0 Å². The van der Waals surface area contributed by atoms with Gasteiger partial charge in [-0.3, -0.25) is 4.90 Å². The Morgan fingerprint density at radius 2 is 2.14 bits per heavy atom. The number of likely N-dealkylation sites (tertiary alicyclic amines) is 1. The van der Waals surface area contributed by atoms with Crippen LogP contribution in [0.5, 0.6) is 0 Å². The summed E-state index contributed by atoms with van der Waals surface area (Å²) in [6.45, 7) is 1.88. The van der Waals surface area contributed by atoms with Crippen molar-refractivity contribution in [1.82, 2.24) is 4.90 Å². The van der Waals surface area contributed by atoms with Gasteiger partial charge in [0.1, 0.15) is 0 Å². The van der Waals surface area contributed by atoms with E-state index in [1.807, 2.05) is 0 Å². The summed E-state index contributed by atoms with van der Waals surface area (Å²) in [6.07, 6.45) is 1.63. The summed E-state index contributed by atoms with van der Waals surface area (Å²) in [5.74, 6) is -2.13. The Bertz CT molecular complexity index is 210. The molecular formula is C10H17F2NO. The fourth-order valence-corrected chi connectivity index (χ4v) is 2.58. The standard InChI is InChI=1S/C10H17F2NO/c11-10(12)3-1-9(5-10)13-4-2-8(6-13)7-14/h8-9,14H,1-7H2. The molecule has 1 N–H and O–H groups in total. The van der Waals surface area contributed by atoms with E-state index in [4.69, 9.17) is 5.11 Å². The van der Waals surface area contributed by atoms with Crippen molar-refractivity contribution in [2.75, 3.05) is 19.7 Å². The summed E-state index contributed by atoms with van der Waals surface area (Å²) < 4.78 is 25.9. The van der Waals surface area contributed by atoms with Crippen molar-refractivity contribution in [2.45, 2.75) is 37.6 Å². The van der Waals surface area contributed by atoms with Crippen molar-refractivity contribution in [1.29, 1.82) is 0 Å². The Morgan fingerprint density at radius 3 is 2.64 bits per heavy atom. The van der Waals surface area contributed by atoms with E-state index in [1.165, 1.54) is 0 Å². The number of aliphatic hydroxyl groups excluding tert-OH is 1. The van der Waals surface area contributed by atoms with Crippen LogP contribution in [0.4, 0.5) is 8.78 Å². The molecule has 0 radical (unpaired) electrons. The first kappa shape index (κ1) is 10.3. The van der Waals surface area contributed by atoms with Crippen molar-refractivity contribution in [3.8, 4) is 0 Å². The Balaban J connectivity index is 1.86. The summed E-state index contributed by atoms with van der Waals surface area (Å²) in [6, 6.07) is 0.0570. The molecule has 0 aromatic carbocycles. The van der Waals surface area contributed by atoms with Crippen LogP contribution >= 0.6 is 0 Å². The Labute approximate surface area is 82.9 Å². The fraction of sp³-hybridized carbons (Fsp3) is 1.00. The molecule has 0 aromatic rings. The van der Waals surface area contributed by atoms with Gasteiger partial charge in [0.25, 0.3) is 0 Å². The van der Waals surface area contributed by atoms with E-state index < -0.39 is 5.92 Å². The molecule has 0 spiro atoms. The molecule has 0 bridgehead atoms. The van der Waals surface area contributed by atoms with E-state index in [2.05, 4.69) is 4.90 Å². The van der Waals surface area contributed by atoms with Gasteiger partial charge in [0.15, 0.2) is 0 Å². The summed E-state index contributed by atoms with van der Waals surface area (Å²) in [4.78, 5) is 2.13. The summed E-state index contributed by atoms with van der Waals surface area (Å²) in [5.41, 5.74) is 0. The van der Waals surface area contributed by atoms with Crippen LogP contribution < -0.4 is 0 Å². The van der Waals surface area contributed by atoms with Gasteiger partial charge in [-0.2, -0.15) is 0 Å². The first-order valence-electron chi connectivity index (χ1n) is 5.33. The van der Waals surface area contributed by atoms with Crippen LogP contribution in [-0.4, -0.2) is 41.7 Å². The van der Waals surface area contributed by atoms with Crippen molar-refractivity contribution < 1.29 is 13.9 Å². The maximum atomic E-state index is 13.0. The van der Waals surface area contributed by atoms with Crippen molar-refractivity contribution in [3.63, 3.8) is 0 Å². The molecule has 0 aromatic heterocycles. The van der Waals surface area contributed by atoms with E-state index in [0.717, 1.165) is 19.5 Å². The van der Waals surface area contributed by atoms with Crippen LogP contribution in [0.25, 0.3) is 0 Å². The normalized spacial score (nSPS) is 37.9. The Morgan fingerprint density at radius 1 is 1.36 bits per heavy atom. The van der Waals surface area contributed by atoms with E-state index in [9.17, 15) is 8.78 Å². The van der Waals surface area contributed by atoms with E-state index in [1.54, 1.807) is 0 Å². The van der Waals surface area contributed by atoms with Gasteiger partial charge in [0.05, 0.1) is 0 Å². The minimum absolute atomic E-state index is 0.0190. The molecule has 2 unspecified atom stereocenters. The maximum Gasteiger partial charge on any atom is 0.249 e. The third kappa shape index (κ3) is 2.06. The molecule has 2 nitrogen and oxygen atoms in total. The average Bonchev–Trinajstić information content (AvgIpc) is 2.70. The first-order chi connectivity index (χ1) is 6.61. The lowest BCUT2D eigenvalue weighted by Gasteiger charge is -2.23. The minimum atomic E-state index is -2.44. The molecule has 2 atom stereocenters. The van der Waals surface area contributed by atoms with Gasteiger partial charge in [-0.15, -0.1) is 0 Å². The van der Waals surface area contributed by atoms with Gasteiger partial charge in [-0.05, 0) is 25.3 Å². The van der Waals surface area contributed by atoms with Crippen molar-refractivity contribution in [3.05, 3.63) is 0 Å². The largest absolute Gasteiger partial charge is 0.396 e. The number of halogens is 2. The second-order valence-corrected chi connectivity index (χ2v) is 4.58. The summed E-state index contributed by atoms with van der Waals surface area (Å²) in [5, 5.41) is 8.95. The zero-order chi connectivity index (χ0) is 10.2. The summed E-state index contributed by atoms with van der Waals surface area (Å²) >= 11 is 0. The van der Waals surface area contributed by atoms with Crippen LogP contribution in [0.2, 0.25) is 0 Å². The minimum Gasteiger partial charge on any atom is -0.396 e. The van der Waals surface area contributed by atoms with E-state index >= 15 is 0 Å². The highest BCUT2D eigenvalue weighted by Gasteiger charge is 2.43. The SMILES string of the molecule is OCC1CCN(C2CCC(F)(F)C2)C1. The quantitative estimate of drug-likeness (QED) is 0.738. The zero-order valence-electron chi connectivity index (χ0n) is 8.25. The number of nitrogens with zero attached hydrogens (tertiary/aromatic N) is 1. The Kier molecular flexibility index (Phi) is 2.75. The molecule has 82 valence electrons. The lowest BCUT2D eigenvalue weighted by molar-refractivity contribution is 0.00171. The van der Waals surface area contributed by atoms with E-state index in [0.29, 0.717) is 12.3 Å². The van der Waals surface area contributed by atoms with Crippen LogP contribution in [0, 0.1) is 5.92 Å². The zero-order valence-corrected chi connectivity index (χ0v) is 8.25. The number of hydrogen-bond acceptors (Lipinski definition) is 2. The molecule has 2 aliphatic rings.